The number of hydrogen-bond acceptors (Lipinski definition) is 7. The van der Waals surface area contributed by atoms with Crippen LogP contribution < -0.4 is 10.2 Å². The molecule has 3 fully saturated rings. The van der Waals surface area contributed by atoms with Gasteiger partial charge in [0.2, 0.25) is 11.8 Å². The fraction of sp³-hybridized carbons (Fsp3) is 0.581. The molecule has 4 aliphatic rings. The maximum absolute atomic E-state index is 14.5. The van der Waals surface area contributed by atoms with Crippen molar-refractivity contribution in [3.8, 4) is 0 Å². The minimum absolute atomic E-state index is 0.0100. The summed E-state index contributed by atoms with van der Waals surface area (Å²) >= 11 is 6.21. The molecule has 6 rings (SSSR count). The molecule has 3 aliphatic heterocycles. The third-order valence-corrected chi connectivity index (χ3v) is 9.09. The summed E-state index contributed by atoms with van der Waals surface area (Å²) in [7, 11) is 0. The lowest BCUT2D eigenvalue weighted by molar-refractivity contribution is -0.136. The van der Waals surface area contributed by atoms with Crippen LogP contribution in [0.15, 0.2) is 30.6 Å². The van der Waals surface area contributed by atoms with Crippen molar-refractivity contribution in [3.63, 3.8) is 0 Å². The highest BCUT2D eigenvalue weighted by molar-refractivity contribution is 6.30. The van der Waals surface area contributed by atoms with Crippen molar-refractivity contribution in [2.24, 2.45) is 5.92 Å². The number of hydrogen-bond donors (Lipinski definition) is 1. The van der Waals surface area contributed by atoms with Gasteiger partial charge in [0, 0.05) is 60.2 Å². The summed E-state index contributed by atoms with van der Waals surface area (Å²) in [6, 6.07) is 7.21. The molecule has 5 atom stereocenters. The zero-order chi connectivity index (χ0) is 29.9. The van der Waals surface area contributed by atoms with E-state index in [4.69, 9.17) is 16.3 Å². The molecule has 42 heavy (non-hydrogen) atoms. The Morgan fingerprint density at radius 3 is 2.38 bits per heavy atom. The lowest BCUT2D eigenvalue weighted by atomic mass is 9.95. The van der Waals surface area contributed by atoms with Crippen molar-refractivity contribution in [2.75, 3.05) is 29.9 Å². The summed E-state index contributed by atoms with van der Waals surface area (Å²) in [5.74, 6) is 1.17. The number of carbonyl (C=O) groups excluding carboxylic acids is 3. The Kier molecular flexibility index (Phi) is 7.32. The highest BCUT2D eigenvalue weighted by Crippen LogP contribution is 2.55. The fourth-order valence-electron chi connectivity index (χ4n) is 6.74. The molecule has 224 valence electrons. The lowest BCUT2D eigenvalue weighted by Crippen LogP contribution is -2.58. The summed E-state index contributed by atoms with van der Waals surface area (Å²) in [6.07, 6.45) is 3.71. The quantitative estimate of drug-likeness (QED) is 0.512. The monoisotopic (exact) mass is 594 g/mol. The molecule has 11 heteroatoms. The molecule has 0 radical (unpaired) electrons. The number of anilines is 2. The van der Waals surface area contributed by atoms with Crippen molar-refractivity contribution < 1.29 is 19.1 Å². The van der Waals surface area contributed by atoms with Gasteiger partial charge in [0.05, 0.1) is 5.92 Å². The van der Waals surface area contributed by atoms with Gasteiger partial charge in [-0.05, 0) is 71.6 Å². The Bertz CT molecular complexity index is 1380. The number of rotatable bonds is 6. The predicted molar refractivity (Wildman–Crippen MR) is 160 cm³/mol. The van der Waals surface area contributed by atoms with Crippen LogP contribution in [0.1, 0.15) is 76.8 Å². The molecule has 1 aromatic carbocycles. The van der Waals surface area contributed by atoms with Gasteiger partial charge < -0.3 is 24.8 Å². The minimum Gasteiger partial charge on any atom is -0.444 e. The Morgan fingerprint density at radius 2 is 1.76 bits per heavy atom. The van der Waals surface area contributed by atoms with E-state index in [0.717, 1.165) is 36.2 Å². The number of aromatic nitrogens is 2. The molecular formula is C31H39ClN6O4. The number of fused-ring (bicyclic) bond motifs is 5. The molecule has 0 spiro atoms. The van der Waals surface area contributed by atoms with Crippen molar-refractivity contribution in [1.29, 1.82) is 0 Å². The van der Waals surface area contributed by atoms with E-state index >= 15 is 0 Å². The standard InChI is InChI=1S/C31H39ClN6O4/c1-17(2)37(30(41)42-31(3,4)5)15-24(18-6-8-19(32)9-7-18)29(40)38-20-10-11-21(38)14-36(13-20)27-25-22-12-23(22)28(39)35-26(25)33-16-34-27/h6-9,16-17,20-24H,10-15H2,1-5H3,(H,33,34,35,39)/t20?,21?,22?,23-,24-/m1/s1. The van der Waals surface area contributed by atoms with E-state index in [1.165, 1.54) is 6.33 Å². The number of nitrogens with zero attached hydrogens (tertiary/aromatic N) is 5. The Balaban J connectivity index is 1.26. The second-order valence-corrected chi connectivity index (χ2v) is 13.7. The third kappa shape index (κ3) is 5.41. The third-order valence-electron chi connectivity index (χ3n) is 8.84. The average molecular weight is 595 g/mol. The second kappa shape index (κ2) is 10.7. The van der Waals surface area contributed by atoms with E-state index < -0.39 is 17.6 Å². The van der Waals surface area contributed by atoms with Gasteiger partial charge in [0.1, 0.15) is 23.6 Å². The first-order chi connectivity index (χ1) is 19.9. The number of ether oxygens (including phenoxy) is 1. The van der Waals surface area contributed by atoms with Crippen LogP contribution in [0.5, 0.6) is 0 Å². The molecule has 1 aromatic heterocycles. The molecule has 1 aliphatic carbocycles. The number of nitrogens with one attached hydrogen (secondary N) is 1. The highest BCUT2D eigenvalue weighted by atomic mass is 35.5. The number of carbonyl (C=O) groups is 3. The van der Waals surface area contributed by atoms with E-state index in [1.807, 2.05) is 46.8 Å². The average Bonchev–Trinajstić information content (AvgIpc) is 3.68. The highest BCUT2D eigenvalue weighted by Gasteiger charge is 2.52. The molecular weight excluding hydrogens is 556 g/mol. The predicted octanol–water partition coefficient (Wildman–Crippen LogP) is 4.79. The van der Waals surface area contributed by atoms with Gasteiger partial charge >= 0.3 is 6.09 Å². The number of piperazine rings is 1. The van der Waals surface area contributed by atoms with Crippen molar-refractivity contribution in [2.45, 2.75) is 89.4 Å². The van der Waals surface area contributed by atoms with Crippen LogP contribution >= 0.6 is 11.6 Å². The SMILES string of the molecule is CC(C)N(C[C@@H](C(=O)N1C2CCC1CN(c1ncnc3c1C1C[C@H]1C(=O)N3)C2)c1ccc(Cl)cc1)C(=O)OC(C)(C)C. The zero-order valence-corrected chi connectivity index (χ0v) is 25.6. The van der Waals surface area contributed by atoms with E-state index in [-0.39, 0.29) is 48.3 Å². The van der Waals surface area contributed by atoms with Gasteiger partial charge in [-0.1, -0.05) is 23.7 Å². The normalized spacial score (nSPS) is 25.0. The number of halogens is 1. The number of amides is 3. The van der Waals surface area contributed by atoms with Gasteiger partial charge in [-0.2, -0.15) is 0 Å². The largest absolute Gasteiger partial charge is 0.444 e. The molecule has 1 N–H and O–H groups in total. The molecule has 2 aromatic rings. The first kappa shape index (κ1) is 28.7. The first-order valence-corrected chi connectivity index (χ1v) is 15.3. The minimum atomic E-state index is -0.650. The van der Waals surface area contributed by atoms with Crippen LogP contribution in [-0.2, 0) is 14.3 Å². The van der Waals surface area contributed by atoms with Gasteiger partial charge in [-0.25, -0.2) is 14.8 Å². The fourth-order valence-corrected chi connectivity index (χ4v) is 6.87. The van der Waals surface area contributed by atoms with Crippen LogP contribution in [0, 0.1) is 5.92 Å². The van der Waals surface area contributed by atoms with Gasteiger partial charge in [0.15, 0.2) is 0 Å². The zero-order valence-electron chi connectivity index (χ0n) is 24.8. The molecule has 2 saturated heterocycles. The lowest BCUT2D eigenvalue weighted by Gasteiger charge is -2.44. The summed E-state index contributed by atoms with van der Waals surface area (Å²) in [6.45, 7) is 10.9. The van der Waals surface area contributed by atoms with E-state index in [0.29, 0.717) is 23.9 Å². The summed E-state index contributed by atoms with van der Waals surface area (Å²) < 4.78 is 5.72. The Morgan fingerprint density at radius 1 is 1.10 bits per heavy atom. The Hall–Kier alpha value is -3.40. The Labute approximate surface area is 251 Å². The van der Waals surface area contributed by atoms with Crippen LogP contribution in [0.2, 0.25) is 5.02 Å². The molecule has 4 heterocycles. The van der Waals surface area contributed by atoms with Crippen LogP contribution in [0.3, 0.4) is 0 Å². The molecule has 1 saturated carbocycles. The summed E-state index contributed by atoms with van der Waals surface area (Å²) in [5.41, 5.74) is 1.20. The van der Waals surface area contributed by atoms with Crippen molar-refractivity contribution >= 4 is 41.1 Å². The molecule has 3 amide bonds. The van der Waals surface area contributed by atoms with E-state index in [2.05, 4.69) is 25.1 Å². The molecule has 2 bridgehead atoms. The topological polar surface area (TPSA) is 108 Å². The van der Waals surface area contributed by atoms with E-state index in [1.54, 1.807) is 17.0 Å². The first-order valence-electron chi connectivity index (χ1n) is 14.9. The van der Waals surface area contributed by atoms with Crippen LogP contribution in [0.25, 0.3) is 0 Å². The molecule has 10 nitrogen and oxygen atoms in total. The van der Waals surface area contributed by atoms with Crippen LogP contribution in [-0.4, -0.2) is 81.0 Å². The summed E-state index contributed by atoms with van der Waals surface area (Å²) in [5, 5.41) is 3.54. The summed E-state index contributed by atoms with van der Waals surface area (Å²) in [4.78, 5) is 55.0. The number of benzene rings is 1. The van der Waals surface area contributed by atoms with Gasteiger partial charge in [-0.3, -0.25) is 9.59 Å². The van der Waals surface area contributed by atoms with Crippen LogP contribution in [0.4, 0.5) is 16.4 Å². The van der Waals surface area contributed by atoms with E-state index in [9.17, 15) is 14.4 Å². The molecule has 3 unspecified atom stereocenters. The van der Waals surface area contributed by atoms with Crippen molar-refractivity contribution in [3.05, 3.63) is 46.7 Å². The van der Waals surface area contributed by atoms with Gasteiger partial charge in [0.25, 0.3) is 0 Å². The maximum atomic E-state index is 14.5. The van der Waals surface area contributed by atoms with Gasteiger partial charge in [-0.15, -0.1) is 0 Å². The maximum Gasteiger partial charge on any atom is 0.410 e. The smallest absolute Gasteiger partial charge is 0.410 e. The second-order valence-electron chi connectivity index (χ2n) is 13.3. The van der Waals surface area contributed by atoms with Crippen molar-refractivity contribution in [1.82, 2.24) is 19.8 Å².